The zero-order chi connectivity index (χ0) is 9.90. The van der Waals surface area contributed by atoms with Crippen LogP contribution in [0.15, 0.2) is 23.4 Å². The highest BCUT2D eigenvalue weighted by atomic mass is 32.2. The molecule has 1 heterocycles. The molecule has 74 valence electrons. The lowest BCUT2D eigenvalue weighted by Gasteiger charge is -2.14. The lowest BCUT2D eigenvalue weighted by Crippen LogP contribution is -2.29. The number of sulfonamides is 1. The predicted molar refractivity (Wildman–Crippen MR) is 47.7 cm³/mol. The number of aromatic nitrogens is 1. The molecule has 0 aliphatic heterocycles. The maximum absolute atomic E-state index is 11.6. The Bertz CT molecular complexity index is 344. The average Bonchev–Trinajstić information content (AvgIpc) is 2.56. The van der Waals surface area contributed by atoms with E-state index in [0.29, 0.717) is 0 Å². The molecule has 0 radical (unpaired) electrons. The van der Waals surface area contributed by atoms with Crippen LogP contribution in [0.2, 0.25) is 0 Å². The van der Waals surface area contributed by atoms with Crippen LogP contribution in [-0.4, -0.2) is 43.0 Å². The molecule has 0 aromatic carbocycles. The summed E-state index contributed by atoms with van der Waals surface area (Å²) < 4.78 is 24.3. The summed E-state index contributed by atoms with van der Waals surface area (Å²) in [6, 6.07) is 1.48. The monoisotopic (exact) mass is 204 g/mol. The standard InChI is InChI=1S/C7H12N2O3S/c1-9(4-5-10)13(11,12)7-2-3-8-6-7/h2-3,6,8,10H,4-5H2,1H3. The molecule has 0 amide bonds. The third-order valence-electron chi connectivity index (χ3n) is 1.69. The minimum Gasteiger partial charge on any atom is -0.395 e. The van der Waals surface area contributed by atoms with Gasteiger partial charge in [-0.25, -0.2) is 8.42 Å². The third kappa shape index (κ3) is 2.09. The average molecular weight is 204 g/mol. The smallest absolute Gasteiger partial charge is 0.244 e. The molecule has 0 saturated heterocycles. The first-order valence-corrected chi connectivity index (χ1v) is 5.23. The van der Waals surface area contributed by atoms with Crippen molar-refractivity contribution in [3.63, 3.8) is 0 Å². The molecule has 13 heavy (non-hydrogen) atoms. The second-order valence-electron chi connectivity index (χ2n) is 2.60. The van der Waals surface area contributed by atoms with E-state index in [1.807, 2.05) is 0 Å². The number of aliphatic hydroxyl groups is 1. The van der Waals surface area contributed by atoms with Crippen LogP contribution in [-0.2, 0) is 10.0 Å². The van der Waals surface area contributed by atoms with Gasteiger partial charge in [0.25, 0.3) is 0 Å². The van der Waals surface area contributed by atoms with Crippen LogP contribution in [0.25, 0.3) is 0 Å². The van der Waals surface area contributed by atoms with Crippen molar-refractivity contribution in [1.29, 1.82) is 0 Å². The first-order valence-electron chi connectivity index (χ1n) is 3.79. The molecule has 1 aromatic heterocycles. The Balaban J connectivity index is 2.90. The molecular formula is C7H12N2O3S. The minimum atomic E-state index is -3.42. The quantitative estimate of drug-likeness (QED) is 0.702. The van der Waals surface area contributed by atoms with E-state index in [4.69, 9.17) is 5.11 Å². The molecule has 0 aliphatic carbocycles. The summed E-state index contributed by atoms with van der Waals surface area (Å²) in [6.07, 6.45) is 2.95. The Hall–Kier alpha value is -0.850. The van der Waals surface area contributed by atoms with Crippen molar-refractivity contribution >= 4 is 10.0 Å². The fourth-order valence-electron chi connectivity index (χ4n) is 0.910. The van der Waals surface area contributed by atoms with Gasteiger partial charge in [0.2, 0.25) is 10.0 Å². The molecule has 0 unspecified atom stereocenters. The summed E-state index contributed by atoms with van der Waals surface area (Å²) in [6.45, 7) is -0.0757. The molecule has 0 aliphatic rings. The van der Waals surface area contributed by atoms with Gasteiger partial charge in [0.15, 0.2) is 0 Å². The normalized spacial score (nSPS) is 12.2. The number of nitrogens with zero attached hydrogens (tertiary/aromatic N) is 1. The van der Waals surface area contributed by atoms with Crippen LogP contribution >= 0.6 is 0 Å². The Kier molecular flexibility index (Phi) is 3.07. The van der Waals surface area contributed by atoms with Gasteiger partial charge < -0.3 is 10.1 Å². The first kappa shape index (κ1) is 10.2. The molecule has 2 N–H and O–H groups in total. The van der Waals surface area contributed by atoms with E-state index >= 15 is 0 Å². The summed E-state index contributed by atoms with van der Waals surface area (Å²) in [5, 5.41) is 8.58. The van der Waals surface area contributed by atoms with Crippen LogP contribution in [0.1, 0.15) is 0 Å². The SMILES string of the molecule is CN(CCO)S(=O)(=O)c1cc[nH]c1. The van der Waals surface area contributed by atoms with Crippen LogP contribution in [0.5, 0.6) is 0 Å². The highest BCUT2D eigenvalue weighted by Gasteiger charge is 2.19. The summed E-state index contributed by atoms with van der Waals surface area (Å²) in [7, 11) is -1.99. The van der Waals surface area contributed by atoms with E-state index in [9.17, 15) is 8.42 Å². The highest BCUT2D eigenvalue weighted by molar-refractivity contribution is 7.89. The largest absolute Gasteiger partial charge is 0.395 e. The lowest BCUT2D eigenvalue weighted by atomic mass is 10.7. The second kappa shape index (κ2) is 3.91. The molecule has 0 spiro atoms. The number of H-pyrrole nitrogens is 1. The zero-order valence-electron chi connectivity index (χ0n) is 7.27. The topological polar surface area (TPSA) is 73.4 Å². The van der Waals surface area contributed by atoms with Crippen molar-refractivity contribution in [2.45, 2.75) is 4.90 Å². The van der Waals surface area contributed by atoms with Gasteiger partial charge in [-0.2, -0.15) is 4.31 Å². The van der Waals surface area contributed by atoms with Crippen molar-refractivity contribution in [1.82, 2.24) is 9.29 Å². The molecule has 0 fully saturated rings. The molecule has 1 rings (SSSR count). The predicted octanol–water partition coefficient (Wildman–Crippen LogP) is -0.373. The van der Waals surface area contributed by atoms with Crippen molar-refractivity contribution in [2.24, 2.45) is 0 Å². The Morgan fingerprint density at radius 2 is 2.31 bits per heavy atom. The summed E-state index contributed by atoms with van der Waals surface area (Å²) >= 11 is 0. The van der Waals surface area contributed by atoms with Crippen molar-refractivity contribution < 1.29 is 13.5 Å². The number of aromatic amines is 1. The number of likely N-dealkylation sites (N-methyl/N-ethyl adjacent to an activating group) is 1. The first-order chi connectivity index (χ1) is 6.09. The van der Waals surface area contributed by atoms with Gasteiger partial charge in [0, 0.05) is 26.0 Å². The highest BCUT2D eigenvalue weighted by Crippen LogP contribution is 2.11. The number of nitrogens with one attached hydrogen (secondary N) is 1. The van der Waals surface area contributed by atoms with Gasteiger partial charge in [0.1, 0.15) is 0 Å². The van der Waals surface area contributed by atoms with E-state index in [1.165, 1.54) is 19.3 Å². The Morgan fingerprint density at radius 1 is 1.62 bits per heavy atom. The van der Waals surface area contributed by atoms with E-state index in [-0.39, 0.29) is 18.0 Å². The van der Waals surface area contributed by atoms with Gasteiger partial charge in [0.05, 0.1) is 11.5 Å². The molecule has 0 atom stereocenters. The third-order valence-corrected chi connectivity index (χ3v) is 3.55. The van der Waals surface area contributed by atoms with Gasteiger partial charge in [-0.05, 0) is 6.07 Å². The van der Waals surface area contributed by atoms with Gasteiger partial charge in [-0.3, -0.25) is 0 Å². The van der Waals surface area contributed by atoms with Gasteiger partial charge in [-0.15, -0.1) is 0 Å². The van der Waals surface area contributed by atoms with Crippen LogP contribution in [0.3, 0.4) is 0 Å². The van der Waals surface area contributed by atoms with E-state index < -0.39 is 10.0 Å². The van der Waals surface area contributed by atoms with Crippen molar-refractivity contribution in [3.05, 3.63) is 18.5 Å². The fourth-order valence-corrected chi connectivity index (χ4v) is 2.05. The fraction of sp³-hybridized carbons (Fsp3) is 0.429. The molecule has 6 heteroatoms. The molecule has 5 nitrogen and oxygen atoms in total. The number of aliphatic hydroxyl groups excluding tert-OH is 1. The van der Waals surface area contributed by atoms with Crippen LogP contribution < -0.4 is 0 Å². The van der Waals surface area contributed by atoms with Gasteiger partial charge in [-0.1, -0.05) is 0 Å². The second-order valence-corrected chi connectivity index (χ2v) is 4.64. The number of rotatable bonds is 4. The van der Waals surface area contributed by atoms with Crippen LogP contribution in [0.4, 0.5) is 0 Å². The lowest BCUT2D eigenvalue weighted by molar-refractivity contribution is 0.266. The molecule has 0 saturated carbocycles. The Morgan fingerprint density at radius 3 is 2.77 bits per heavy atom. The summed E-state index contributed by atoms with van der Waals surface area (Å²) in [4.78, 5) is 2.88. The van der Waals surface area contributed by atoms with E-state index in [0.717, 1.165) is 4.31 Å². The summed E-state index contributed by atoms with van der Waals surface area (Å²) in [5.74, 6) is 0. The van der Waals surface area contributed by atoms with Crippen molar-refractivity contribution in [2.75, 3.05) is 20.2 Å². The maximum Gasteiger partial charge on any atom is 0.244 e. The number of hydrogen-bond donors (Lipinski definition) is 2. The summed E-state index contributed by atoms with van der Waals surface area (Å²) in [5.41, 5.74) is 0. The maximum atomic E-state index is 11.6. The van der Waals surface area contributed by atoms with Gasteiger partial charge >= 0.3 is 0 Å². The van der Waals surface area contributed by atoms with E-state index in [2.05, 4.69) is 4.98 Å². The zero-order valence-corrected chi connectivity index (χ0v) is 8.08. The number of hydrogen-bond acceptors (Lipinski definition) is 3. The Labute approximate surface area is 77.1 Å². The van der Waals surface area contributed by atoms with Crippen molar-refractivity contribution in [3.8, 4) is 0 Å². The van der Waals surface area contributed by atoms with Crippen LogP contribution in [0, 0.1) is 0 Å². The molecular weight excluding hydrogens is 192 g/mol. The van der Waals surface area contributed by atoms with E-state index in [1.54, 1.807) is 6.20 Å². The molecule has 1 aromatic rings. The molecule has 0 bridgehead atoms. The minimum absolute atomic E-state index is 0.105.